The van der Waals surface area contributed by atoms with Crippen molar-refractivity contribution in [2.24, 2.45) is 0 Å². The van der Waals surface area contributed by atoms with Crippen LogP contribution < -0.4 is 18.8 Å². The SMILES string of the molecule is C[Si](C)(O[Si](C)(C)c1cccc(N([Si](C)(C)C)[Si](C)(C)C)c1)c1cccc(N([Si](C)(C)C)[Si](C)(C)C)c1. The topological polar surface area (TPSA) is 15.7 Å². The number of nitrogens with zero attached hydrogens (tertiary/aromatic N) is 2. The summed E-state index contributed by atoms with van der Waals surface area (Å²) in [6, 6.07) is 18.8. The molecule has 2 aromatic carbocycles. The van der Waals surface area contributed by atoms with Crippen LogP contribution in [0.15, 0.2) is 48.5 Å². The lowest BCUT2D eigenvalue weighted by Gasteiger charge is -2.46. The van der Waals surface area contributed by atoms with Crippen molar-refractivity contribution in [2.45, 2.75) is 105 Å². The van der Waals surface area contributed by atoms with Crippen molar-refractivity contribution in [1.82, 2.24) is 0 Å². The molecule has 0 aliphatic carbocycles. The van der Waals surface area contributed by atoms with Crippen LogP contribution in [0.25, 0.3) is 0 Å². The molecule has 0 radical (unpaired) electrons. The highest BCUT2D eigenvalue weighted by molar-refractivity contribution is 7.00. The maximum Gasteiger partial charge on any atom is 0.206 e. The highest BCUT2D eigenvalue weighted by Crippen LogP contribution is 2.30. The van der Waals surface area contributed by atoms with Gasteiger partial charge in [0.1, 0.15) is 32.9 Å². The van der Waals surface area contributed by atoms with Gasteiger partial charge >= 0.3 is 0 Å². The lowest BCUT2D eigenvalue weighted by atomic mass is 10.3. The molecule has 0 bridgehead atoms. The molecule has 0 saturated heterocycles. The van der Waals surface area contributed by atoms with Gasteiger partial charge in [-0.25, -0.2) is 0 Å². The highest BCUT2D eigenvalue weighted by Gasteiger charge is 2.40. The van der Waals surface area contributed by atoms with Crippen molar-refractivity contribution in [3.8, 4) is 0 Å². The minimum absolute atomic E-state index is 1.40. The van der Waals surface area contributed by atoms with E-state index in [0.29, 0.717) is 0 Å². The van der Waals surface area contributed by atoms with Gasteiger partial charge in [-0.15, -0.1) is 0 Å². The zero-order chi connectivity index (χ0) is 28.8. The van der Waals surface area contributed by atoms with E-state index >= 15 is 0 Å². The van der Waals surface area contributed by atoms with E-state index in [1.165, 1.54) is 21.7 Å². The van der Waals surface area contributed by atoms with Gasteiger partial charge in [0.25, 0.3) is 0 Å². The molecule has 0 fully saturated rings. The molecule has 0 atom stereocenters. The normalized spacial score (nSPS) is 14.1. The molecule has 2 rings (SSSR count). The minimum Gasteiger partial charge on any atom is -0.449 e. The fraction of sp³-hybridized carbons (Fsp3) is 0.571. The second-order valence-corrected chi connectivity index (χ2v) is 43.6. The first-order chi connectivity index (χ1) is 16.4. The molecule has 0 amide bonds. The van der Waals surface area contributed by atoms with Gasteiger partial charge in [-0.1, -0.05) is 103 Å². The van der Waals surface area contributed by atoms with E-state index in [9.17, 15) is 0 Å². The summed E-state index contributed by atoms with van der Waals surface area (Å²) in [6.45, 7) is 39.3. The molecule has 0 unspecified atom stereocenters. The molecular weight excluding hydrogens is 549 g/mol. The van der Waals surface area contributed by atoms with Gasteiger partial charge in [-0.05, 0) is 60.8 Å². The predicted octanol–water partition coefficient (Wildman–Crippen LogP) is 8.18. The van der Waals surface area contributed by atoms with Crippen LogP contribution in [0.2, 0.25) is 105 Å². The fourth-order valence-corrected chi connectivity index (χ4v) is 34.1. The standard InChI is InChI=1S/C28H56N2OSi6/c1-32(2,3)29(33(4,5)6)25-19-17-21-27(23-25)36(13,14)31-37(15,16)28-22-18-20-26(24-28)30(34(7,8)9)35(10,11)12/h17-24H,1-16H3. The fourth-order valence-electron chi connectivity index (χ4n) is 6.36. The average molecular weight is 605 g/mol. The zero-order valence-electron chi connectivity index (χ0n) is 26.9. The monoisotopic (exact) mass is 604 g/mol. The summed E-state index contributed by atoms with van der Waals surface area (Å²) in [5.74, 6) is 0. The van der Waals surface area contributed by atoms with Crippen LogP contribution in [0.4, 0.5) is 11.4 Å². The van der Waals surface area contributed by atoms with Crippen LogP contribution >= 0.6 is 0 Å². The maximum absolute atomic E-state index is 7.30. The van der Waals surface area contributed by atoms with E-state index in [2.05, 4.69) is 162 Å². The van der Waals surface area contributed by atoms with E-state index in [1.807, 2.05) is 0 Å². The second-order valence-electron chi connectivity index (χ2n) is 15.6. The number of benzene rings is 2. The first-order valence-electron chi connectivity index (χ1n) is 13.9. The molecule has 0 saturated carbocycles. The van der Waals surface area contributed by atoms with Crippen molar-refractivity contribution >= 4 is 71.3 Å². The van der Waals surface area contributed by atoms with E-state index < -0.39 is 49.6 Å². The smallest absolute Gasteiger partial charge is 0.206 e. The van der Waals surface area contributed by atoms with Gasteiger partial charge in [0, 0.05) is 11.4 Å². The summed E-state index contributed by atoms with van der Waals surface area (Å²) in [4.78, 5) is 0. The van der Waals surface area contributed by atoms with Crippen LogP contribution in [0.1, 0.15) is 0 Å². The second kappa shape index (κ2) is 10.7. The Morgan fingerprint density at radius 3 is 0.946 bits per heavy atom. The molecule has 208 valence electrons. The van der Waals surface area contributed by atoms with E-state index in [-0.39, 0.29) is 0 Å². The third kappa shape index (κ3) is 8.15. The lowest BCUT2D eigenvalue weighted by molar-refractivity contribution is 0.573. The Labute approximate surface area is 236 Å². The Morgan fingerprint density at radius 2 is 0.703 bits per heavy atom. The Bertz CT molecular complexity index is 962. The zero-order valence-corrected chi connectivity index (χ0v) is 32.9. The molecule has 2 aromatic rings. The van der Waals surface area contributed by atoms with Crippen LogP contribution in [0.3, 0.4) is 0 Å². The van der Waals surface area contributed by atoms with E-state index in [0.717, 1.165) is 0 Å². The molecular formula is C28H56N2OSi6. The molecule has 0 aliphatic heterocycles. The minimum atomic E-state index is -2.14. The lowest BCUT2D eigenvalue weighted by Crippen LogP contribution is -2.61. The largest absolute Gasteiger partial charge is 0.449 e. The van der Waals surface area contributed by atoms with Gasteiger partial charge in [0.2, 0.25) is 16.6 Å². The first-order valence-corrected chi connectivity index (χ1v) is 33.5. The van der Waals surface area contributed by atoms with E-state index in [4.69, 9.17) is 4.12 Å². The van der Waals surface area contributed by atoms with Crippen LogP contribution in [-0.4, -0.2) is 49.6 Å². The van der Waals surface area contributed by atoms with Crippen molar-refractivity contribution < 1.29 is 4.12 Å². The summed E-state index contributed by atoms with van der Waals surface area (Å²) in [5, 5.41) is 2.82. The number of hydrogen-bond donors (Lipinski definition) is 0. The molecule has 37 heavy (non-hydrogen) atoms. The Balaban J connectivity index is 2.48. The van der Waals surface area contributed by atoms with Crippen molar-refractivity contribution in [3.05, 3.63) is 48.5 Å². The molecule has 0 spiro atoms. The first kappa shape index (κ1) is 32.5. The van der Waals surface area contributed by atoms with Crippen molar-refractivity contribution in [2.75, 3.05) is 8.46 Å². The molecule has 3 nitrogen and oxygen atoms in total. The molecule has 0 heterocycles. The summed E-state index contributed by atoms with van der Waals surface area (Å²) in [6.07, 6.45) is 0. The van der Waals surface area contributed by atoms with Crippen LogP contribution in [0.5, 0.6) is 0 Å². The van der Waals surface area contributed by atoms with Crippen LogP contribution in [-0.2, 0) is 4.12 Å². The summed E-state index contributed by atoms with van der Waals surface area (Å²) < 4.78 is 12.9. The summed E-state index contributed by atoms with van der Waals surface area (Å²) in [7, 11) is -10.3. The summed E-state index contributed by atoms with van der Waals surface area (Å²) >= 11 is 0. The van der Waals surface area contributed by atoms with Gasteiger partial charge in [0.05, 0.1) is 0 Å². The third-order valence-corrected chi connectivity index (χ3v) is 28.7. The summed E-state index contributed by atoms with van der Waals surface area (Å²) in [5.41, 5.74) is 2.81. The predicted molar refractivity (Wildman–Crippen MR) is 187 cm³/mol. The number of hydrogen-bond acceptors (Lipinski definition) is 3. The molecule has 0 N–H and O–H groups in total. The maximum atomic E-state index is 7.30. The molecule has 0 aromatic heterocycles. The van der Waals surface area contributed by atoms with Gasteiger partial charge in [-0.3, -0.25) is 0 Å². The van der Waals surface area contributed by atoms with E-state index in [1.54, 1.807) is 0 Å². The third-order valence-electron chi connectivity index (χ3n) is 6.79. The Hall–Kier alpha value is -0.699. The molecule has 0 aliphatic rings. The highest BCUT2D eigenvalue weighted by atomic mass is 28.4. The van der Waals surface area contributed by atoms with Gasteiger partial charge < -0.3 is 12.6 Å². The molecule has 9 heteroatoms. The van der Waals surface area contributed by atoms with Crippen molar-refractivity contribution in [3.63, 3.8) is 0 Å². The van der Waals surface area contributed by atoms with Crippen molar-refractivity contribution in [1.29, 1.82) is 0 Å². The van der Waals surface area contributed by atoms with Crippen LogP contribution in [0, 0.1) is 0 Å². The Morgan fingerprint density at radius 1 is 0.432 bits per heavy atom. The number of rotatable bonds is 10. The van der Waals surface area contributed by atoms with Gasteiger partial charge in [-0.2, -0.15) is 0 Å². The number of anilines is 2. The Kier molecular flexibility index (Phi) is 9.40. The quantitative estimate of drug-likeness (QED) is 0.254. The average Bonchev–Trinajstić information content (AvgIpc) is 2.63. The van der Waals surface area contributed by atoms with Gasteiger partial charge in [0.15, 0.2) is 0 Å².